The molecule has 114 valence electrons. The second kappa shape index (κ2) is 7.96. The molecule has 0 aromatic heterocycles. The van der Waals surface area contributed by atoms with E-state index in [2.05, 4.69) is 6.92 Å². The molecule has 0 aliphatic carbocycles. The third-order valence-corrected chi connectivity index (χ3v) is 4.36. The van der Waals surface area contributed by atoms with Crippen molar-refractivity contribution in [2.24, 2.45) is 0 Å². The van der Waals surface area contributed by atoms with Crippen molar-refractivity contribution < 1.29 is 17.4 Å². The lowest BCUT2D eigenvalue weighted by Crippen LogP contribution is -2.02. The van der Waals surface area contributed by atoms with Crippen LogP contribution in [0.15, 0.2) is 17.0 Å². The van der Waals surface area contributed by atoms with Crippen LogP contribution >= 0.6 is 11.6 Å². The summed E-state index contributed by atoms with van der Waals surface area (Å²) in [6.45, 7) is 2.14. The van der Waals surface area contributed by atoms with Gasteiger partial charge in [0.25, 0.3) is 10.1 Å². The minimum absolute atomic E-state index is 0.0474. The predicted molar refractivity (Wildman–Crippen MR) is 78.3 cm³/mol. The van der Waals surface area contributed by atoms with E-state index in [0.29, 0.717) is 12.0 Å². The molecule has 1 aromatic carbocycles. The highest BCUT2D eigenvalue weighted by molar-refractivity contribution is 7.85. The summed E-state index contributed by atoms with van der Waals surface area (Å²) in [6, 6.07) is 1.90. The van der Waals surface area contributed by atoms with E-state index in [0.717, 1.165) is 31.4 Å². The van der Waals surface area contributed by atoms with Gasteiger partial charge in [0.05, 0.1) is 4.90 Å². The SMILES string of the molecule is CCCCCCCCc1c(F)cc(S(=O)(=O)O)cc1Cl. The lowest BCUT2D eigenvalue weighted by Gasteiger charge is -2.08. The first-order valence-corrected chi connectivity index (χ1v) is 8.63. The summed E-state index contributed by atoms with van der Waals surface area (Å²) in [6.07, 6.45) is 6.95. The minimum atomic E-state index is -4.42. The number of benzene rings is 1. The number of halogens is 2. The molecular weight excluding hydrogens is 303 g/mol. The Morgan fingerprint density at radius 3 is 2.30 bits per heavy atom. The molecule has 0 spiro atoms. The van der Waals surface area contributed by atoms with Crippen LogP contribution < -0.4 is 0 Å². The van der Waals surface area contributed by atoms with Gasteiger partial charge >= 0.3 is 0 Å². The van der Waals surface area contributed by atoms with Gasteiger partial charge in [-0.3, -0.25) is 4.55 Å². The molecule has 3 nitrogen and oxygen atoms in total. The summed E-state index contributed by atoms with van der Waals surface area (Å²) in [5, 5.41) is 0.0474. The topological polar surface area (TPSA) is 54.4 Å². The van der Waals surface area contributed by atoms with Crippen LogP contribution in [0.3, 0.4) is 0 Å². The highest BCUT2D eigenvalue weighted by atomic mass is 35.5. The zero-order valence-electron chi connectivity index (χ0n) is 11.5. The maximum Gasteiger partial charge on any atom is 0.294 e. The molecule has 0 saturated carbocycles. The zero-order valence-corrected chi connectivity index (χ0v) is 13.1. The lowest BCUT2D eigenvalue weighted by molar-refractivity contribution is 0.481. The predicted octanol–water partition coefficient (Wildman–Crippen LogP) is 4.63. The van der Waals surface area contributed by atoms with Crippen molar-refractivity contribution in [2.45, 2.75) is 56.8 Å². The Hall–Kier alpha value is -0.650. The van der Waals surface area contributed by atoms with Gasteiger partial charge < -0.3 is 0 Å². The quantitative estimate of drug-likeness (QED) is 0.561. The largest absolute Gasteiger partial charge is 0.294 e. The van der Waals surface area contributed by atoms with Crippen LogP contribution in [0, 0.1) is 5.82 Å². The number of rotatable bonds is 8. The van der Waals surface area contributed by atoms with E-state index in [9.17, 15) is 12.8 Å². The second-order valence-electron chi connectivity index (χ2n) is 4.86. The molecule has 0 unspecified atom stereocenters. The van der Waals surface area contributed by atoms with Crippen molar-refractivity contribution in [3.63, 3.8) is 0 Å². The Morgan fingerprint density at radius 2 is 1.75 bits per heavy atom. The molecule has 0 amide bonds. The summed E-state index contributed by atoms with van der Waals surface area (Å²) in [4.78, 5) is -0.508. The Labute approximate surface area is 124 Å². The zero-order chi connectivity index (χ0) is 15.2. The Morgan fingerprint density at radius 1 is 1.15 bits per heavy atom. The van der Waals surface area contributed by atoms with E-state index in [1.165, 1.54) is 19.3 Å². The van der Waals surface area contributed by atoms with Crippen LogP contribution in [0.5, 0.6) is 0 Å². The van der Waals surface area contributed by atoms with E-state index < -0.39 is 20.8 Å². The fourth-order valence-corrected chi connectivity index (χ4v) is 2.94. The molecular formula is C14H20ClFO3S. The Balaban J connectivity index is 2.63. The van der Waals surface area contributed by atoms with Gasteiger partial charge in [-0.05, 0) is 25.0 Å². The van der Waals surface area contributed by atoms with Gasteiger partial charge in [-0.2, -0.15) is 8.42 Å². The van der Waals surface area contributed by atoms with Gasteiger partial charge in [-0.15, -0.1) is 0 Å². The fraction of sp³-hybridized carbons (Fsp3) is 0.571. The molecule has 6 heteroatoms. The van der Waals surface area contributed by atoms with E-state index >= 15 is 0 Å². The van der Waals surface area contributed by atoms with Crippen molar-refractivity contribution in [1.82, 2.24) is 0 Å². The summed E-state index contributed by atoms with van der Waals surface area (Å²) in [5.41, 5.74) is 0.314. The molecule has 0 fully saturated rings. The van der Waals surface area contributed by atoms with Gasteiger partial charge in [0.15, 0.2) is 0 Å². The van der Waals surface area contributed by atoms with Gasteiger partial charge in [0.2, 0.25) is 0 Å². The van der Waals surface area contributed by atoms with Crippen molar-refractivity contribution in [3.05, 3.63) is 28.5 Å². The monoisotopic (exact) mass is 322 g/mol. The smallest absolute Gasteiger partial charge is 0.282 e. The van der Waals surface area contributed by atoms with Crippen LogP contribution in [-0.4, -0.2) is 13.0 Å². The first-order valence-electron chi connectivity index (χ1n) is 6.81. The van der Waals surface area contributed by atoms with E-state index in [4.69, 9.17) is 16.2 Å². The fourth-order valence-electron chi connectivity index (χ4n) is 2.05. The van der Waals surface area contributed by atoms with Crippen LogP contribution in [-0.2, 0) is 16.5 Å². The molecule has 0 radical (unpaired) electrons. The third-order valence-electron chi connectivity index (χ3n) is 3.19. The third kappa shape index (κ3) is 5.38. The highest BCUT2D eigenvalue weighted by Crippen LogP contribution is 2.26. The van der Waals surface area contributed by atoms with Crippen LogP contribution in [0.4, 0.5) is 4.39 Å². The molecule has 0 aliphatic heterocycles. The minimum Gasteiger partial charge on any atom is -0.282 e. The first kappa shape index (κ1) is 17.4. The molecule has 0 aliphatic rings. The average molecular weight is 323 g/mol. The van der Waals surface area contributed by atoms with E-state index in [1.807, 2.05) is 0 Å². The average Bonchev–Trinajstić information content (AvgIpc) is 2.34. The van der Waals surface area contributed by atoms with Crippen molar-refractivity contribution in [2.75, 3.05) is 0 Å². The normalized spacial score (nSPS) is 11.8. The van der Waals surface area contributed by atoms with Crippen molar-refractivity contribution in [3.8, 4) is 0 Å². The number of unbranched alkanes of at least 4 members (excludes halogenated alkanes) is 5. The molecule has 1 rings (SSSR count). The maximum atomic E-state index is 13.8. The summed E-state index contributed by atoms with van der Waals surface area (Å²) in [5.74, 6) is -0.682. The summed E-state index contributed by atoms with van der Waals surface area (Å²) in [7, 11) is -4.42. The molecule has 0 saturated heterocycles. The summed E-state index contributed by atoms with van der Waals surface area (Å²) < 4.78 is 44.6. The van der Waals surface area contributed by atoms with Gasteiger partial charge in [-0.1, -0.05) is 50.6 Å². The van der Waals surface area contributed by atoms with Crippen LogP contribution in [0.2, 0.25) is 5.02 Å². The summed E-state index contributed by atoms with van der Waals surface area (Å²) >= 11 is 5.89. The Kier molecular flexibility index (Phi) is 6.92. The molecule has 1 N–H and O–H groups in total. The first-order chi connectivity index (χ1) is 9.36. The van der Waals surface area contributed by atoms with Gasteiger partial charge in [-0.25, -0.2) is 4.39 Å². The number of hydrogen-bond donors (Lipinski definition) is 1. The van der Waals surface area contributed by atoms with Crippen LogP contribution in [0.25, 0.3) is 0 Å². The highest BCUT2D eigenvalue weighted by Gasteiger charge is 2.16. The Bertz CT molecular complexity index is 520. The lowest BCUT2D eigenvalue weighted by atomic mass is 10.0. The van der Waals surface area contributed by atoms with E-state index in [-0.39, 0.29) is 5.02 Å². The molecule has 0 atom stereocenters. The van der Waals surface area contributed by atoms with Crippen LogP contribution in [0.1, 0.15) is 51.0 Å². The molecule has 0 heterocycles. The molecule has 0 bridgehead atoms. The number of hydrogen-bond acceptors (Lipinski definition) is 2. The van der Waals surface area contributed by atoms with Crippen molar-refractivity contribution in [1.29, 1.82) is 0 Å². The second-order valence-corrected chi connectivity index (χ2v) is 6.69. The standard InChI is InChI=1S/C14H20ClFO3S/c1-2-3-4-5-6-7-8-12-13(15)9-11(10-14(12)16)20(17,18)19/h9-10H,2-8H2,1H3,(H,17,18,19). The van der Waals surface area contributed by atoms with Gasteiger partial charge in [0, 0.05) is 10.6 Å². The molecule has 1 aromatic rings. The van der Waals surface area contributed by atoms with Gasteiger partial charge in [0.1, 0.15) is 5.82 Å². The van der Waals surface area contributed by atoms with E-state index in [1.54, 1.807) is 0 Å². The molecule has 20 heavy (non-hydrogen) atoms. The van der Waals surface area contributed by atoms with Crippen molar-refractivity contribution >= 4 is 21.7 Å². The maximum absolute atomic E-state index is 13.8.